The lowest BCUT2D eigenvalue weighted by Crippen LogP contribution is -2.20. The first-order chi connectivity index (χ1) is 16.2. The minimum atomic E-state index is -3.84. The number of sulfonamides is 1. The molecule has 34 heavy (non-hydrogen) atoms. The molecule has 8 nitrogen and oxygen atoms in total. The number of imidazole rings is 1. The number of hydrogen-bond donors (Lipinski definition) is 3. The Labute approximate surface area is 202 Å². The van der Waals surface area contributed by atoms with Gasteiger partial charge in [0.25, 0.3) is 5.91 Å². The monoisotopic (exact) mass is 549 g/mol. The first kappa shape index (κ1) is 23.8. The number of amides is 1. The van der Waals surface area contributed by atoms with Crippen LogP contribution in [0.25, 0.3) is 22.6 Å². The number of benzene rings is 2. The Balaban J connectivity index is 1.62. The van der Waals surface area contributed by atoms with Crippen molar-refractivity contribution in [2.45, 2.75) is 13.3 Å². The van der Waals surface area contributed by atoms with Crippen molar-refractivity contribution in [2.24, 2.45) is 0 Å². The van der Waals surface area contributed by atoms with Crippen LogP contribution in [0.2, 0.25) is 0 Å². The zero-order valence-electron chi connectivity index (χ0n) is 17.7. The molecule has 12 heteroatoms. The first-order valence-corrected chi connectivity index (χ1v) is 12.5. The van der Waals surface area contributed by atoms with Gasteiger partial charge in [0.1, 0.15) is 17.2 Å². The SMILES string of the molecule is CCCS(=O)(=O)Nc1ccc(F)c(C(=O)Nc2cnc3nc(-c4ccccc4Br)[nH]c3c2)c1F. The van der Waals surface area contributed by atoms with Gasteiger partial charge < -0.3 is 10.3 Å². The van der Waals surface area contributed by atoms with Crippen LogP contribution in [0, 0.1) is 11.6 Å². The van der Waals surface area contributed by atoms with Gasteiger partial charge in [0.2, 0.25) is 10.0 Å². The molecule has 0 aliphatic rings. The quantitative estimate of drug-likeness (QED) is 0.297. The number of anilines is 2. The molecule has 0 saturated heterocycles. The number of halogens is 3. The second-order valence-electron chi connectivity index (χ2n) is 7.32. The third-order valence-corrected chi connectivity index (χ3v) is 6.95. The van der Waals surface area contributed by atoms with E-state index in [1.165, 1.54) is 12.3 Å². The maximum Gasteiger partial charge on any atom is 0.261 e. The van der Waals surface area contributed by atoms with Gasteiger partial charge in [-0.2, -0.15) is 0 Å². The molecule has 0 saturated carbocycles. The van der Waals surface area contributed by atoms with Gasteiger partial charge in [-0.3, -0.25) is 9.52 Å². The summed E-state index contributed by atoms with van der Waals surface area (Å²) in [5.41, 5.74) is 0.405. The van der Waals surface area contributed by atoms with Crippen LogP contribution in [0.3, 0.4) is 0 Å². The summed E-state index contributed by atoms with van der Waals surface area (Å²) in [5, 5.41) is 2.39. The average Bonchev–Trinajstić information content (AvgIpc) is 3.19. The summed E-state index contributed by atoms with van der Waals surface area (Å²) in [6.45, 7) is 1.64. The molecule has 0 aliphatic carbocycles. The number of aromatic amines is 1. The third kappa shape index (κ3) is 4.92. The molecular weight excluding hydrogens is 532 g/mol. The number of pyridine rings is 1. The molecule has 0 fully saturated rings. The Bertz CT molecular complexity index is 1510. The van der Waals surface area contributed by atoms with Gasteiger partial charge in [0.05, 0.1) is 28.8 Å². The number of nitrogens with zero attached hydrogens (tertiary/aromatic N) is 2. The lowest BCUT2D eigenvalue weighted by atomic mass is 10.1. The summed E-state index contributed by atoms with van der Waals surface area (Å²) in [6, 6.07) is 10.7. The molecule has 1 amide bonds. The lowest BCUT2D eigenvalue weighted by Gasteiger charge is -2.12. The van der Waals surface area contributed by atoms with Crippen molar-refractivity contribution < 1.29 is 22.0 Å². The fourth-order valence-corrected chi connectivity index (χ4v) is 4.87. The molecule has 4 rings (SSSR count). The Kier molecular flexibility index (Phi) is 6.62. The highest BCUT2D eigenvalue weighted by molar-refractivity contribution is 9.10. The van der Waals surface area contributed by atoms with Gasteiger partial charge >= 0.3 is 0 Å². The Morgan fingerprint density at radius 2 is 1.94 bits per heavy atom. The molecule has 0 spiro atoms. The fraction of sp³-hybridized carbons (Fsp3) is 0.136. The van der Waals surface area contributed by atoms with Crippen LogP contribution in [0.1, 0.15) is 23.7 Å². The Hall–Kier alpha value is -3.38. The summed E-state index contributed by atoms with van der Waals surface area (Å²) in [4.78, 5) is 24.4. The normalized spacial score (nSPS) is 11.5. The van der Waals surface area contributed by atoms with Crippen molar-refractivity contribution in [1.29, 1.82) is 0 Å². The van der Waals surface area contributed by atoms with E-state index in [-0.39, 0.29) is 11.4 Å². The molecule has 2 aromatic carbocycles. The first-order valence-electron chi connectivity index (χ1n) is 10.1. The highest BCUT2D eigenvalue weighted by Crippen LogP contribution is 2.28. The average molecular weight is 550 g/mol. The number of nitrogens with one attached hydrogen (secondary N) is 3. The number of carbonyl (C=O) groups is 1. The second kappa shape index (κ2) is 9.47. The zero-order valence-corrected chi connectivity index (χ0v) is 20.1. The highest BCUT2D eigenvalue weighted by atomic mass is 79.9. The molecule has 4 aromatic rings. The highest BCUT2D eigenvalue weighted by Gasteiger charge is 2.23. The van der Waals surface area contributed by atoms with Gasteiger partial charge in [0, 0.05) is 10.0 Å². The molecule has 3 N–H and O–H groups in total. The third-order valence-electron chi connectivity index (χ3n) is 4.78. The predicted octanol–water partition coefficient (Wildman–Crippen LogP) is 5.07. The maximum atomic E-state index is 14.9. The van der Waals surface area contributed by atoms with E-state index in [2.05, 4.69) is 36.2 Å². The fourth-order valence-electron chi connectivity index (χ4n) is 3.27. The minimum absolute atomic E-state index is 0.163. The summed E-state index contributed by atoms with van der Waals surface area (Å²) >= 11 is 3.46. The summed E-state index contributed by atoms with van der Waals surface area (Å²) in [7, 11) is -3.84. The molecule has 2 aromatic heterocycles. The number of carbonyl (C=O) groups excluding carboxylic acids is 1. The van der Waals surface area contributed by atoms with Crippen LogP contribution < -0.4 is 10.0 Å². The Morgan fingerprint density at radius 1 is 1.18 bits per heavy atom. The maximum absolute atomic E-state index is 14.9. The van der Waals surface area contributed by atoms with Crippen molar-refractivity contribution >= 4 is 54.4 Å². The molecule has 0 bridgehead atoms. The van der Waals surface area contributed by atoms with Crippen LogP contribution in [-0.2, 0) is 10.0 Å². The molecule has 2 heterocycles. The molecule has 0 atom stereocenters. The van der Waals surface area contributed by atoms with E-state index in [9.17, 15) is 22.0 Å². The Morgan fingerprint density at radius 3 is 2.68 bits per heavy atom. The van der Waals surface area contributed by atoms with Gasteiger partial charge in [-0.05, 0) is 30.7 Å². The second-order valence-corrected chi connectivity index (χ2v) is 10.0. The van der Waals surface area contributed by atoms with Crippen molar-refractivity contribution in [3.05, 3.63) is 70.3 Å². The van der Waals surface area contributed by atoms with E-state index < -0.39 is 38.8 Å². The van der Waals surface area contributed by atoms with Crippen LogP contribution >= 0.6 is 15.9 Å². The van der Waals surface area contributed by atoms with E-state index in [0.717, 1.165) is 22.2 Å². The zero-order chi connectivity index (χ0) is 24.5. The number of fused-ring (bicyclic) bond motifs is 1. The largest absolute Gasteiger partial charge is 0.336 e. The summed E-state index contributed by atoms with van der Waals surface area (Å²) < 4.78 is 56.0. The van der Waals surface area contributed by atoms with Gasteiger partial charge in [0.15, 0.2) is 11.5 Å². The van der Waals surface area contributed by atoms with Crippen LogP contribution in [0.4, 0.5) is 20.2 Å². The number of rotatable bonds is 7. The minimum Gasteiger partial charge on any atom is -0.336 e. The van der Waals surface area contributed by atoms with E-state index >= 15 is 0 Å². The number of aromatic nitrogens is 3. The van der Waals surface area contributed by atoms with E-state index in [0.29, 0.717) is 23.4 Å². The standard InChI is InChI=1S/C22H18BrF2N5O3S/c1-2-9-34(32,33)30-16-8-7-15(24)18(19(16)25)22(31)27-12-10-17-21(26-11-12)29-20(28-17)13-5-3-4-6-14(13)23/h3-8,10-11,30H,2,9H2,1H3,(H,27,31)(H,26,28,29). The smallest absolute Gasteiger partial charge is 0.261 e. The summed E-state index contributed by atoms with van der Waals surface area (Å²) in [5.74, 6) is -3.26. The van der Waals surface area contributed by atoms with Crippen LogP contribution in [0.15, 0.2) is 53.1 Å². The molecule has 0 aliphatic heterocycles. The van der Waals surface area contributed by atoms with Gasteiger partial charge in [-0.25, -0.2) is 27.2 Å². The van der Waals surface area contributed by atoms with Crippen LogP contribution in [0.5, 0.6) is 0 Å². The number of hydrogen-bond acceptors (Lipinski definition) is 5. The molecule has 0 radical (unpaired) electrons. The van der Waals surface area contributed by atoms with Crippen molar-refractivity contribution in [1.82, 2.24) is 15.0 Å². The summed E-state index contributed by atoms with van der Waals surface area (Å²) in [6.07, 6.45) is 1.60. The predicted molar refractivity (Wildman–Crippen MR) is 129 cm³/mol. The van der Waals surface area contributed by atoms with Gasteiger partial charge in [-0.1, -0.05) is 41.1 Å². The van der Waals surface area contributed by atoms with Gasteiger partial charge in [-0.15, -0.1) is 0 Å². The molecule has 0 unspecified atom stereocenters. The molecular formula is C22H18BrF2N5O3S. The van der Waals surface area contributed by atoms with Crippen molar-refractivity contribution in [2.75, 3.05) is 15.8 Å². The topological polar surface area (TPSA) is 117 Å². The lowest BCUT2D eigenvalue weighted by molar-refractivity contribution is 0.101. The van der Waals surface area contributed by atoms with E-state index in [1.807, 2.05) is 29.0 Å². The number of H-pyrrole nitrogens is 1. The van der Waals surface area contributed by atoms with E-state index in [1.54, 1.807) is 6.92 Å². The molecule has 176 valence electrons. The van der Waals surface area contributed by atoms with Crippen molar-refractivity contribution in [3.63, 3.8) is 0 Å². The van der Waals surface area contributed by atoms with Crippen LogP contribution in [-0.4, -0.2) is 35.0 Å². The van der Waals surface area contributed by atoms with Crippen molar-refractivity contribution in [3.8, 4) is 11.4 Å². The van der Waals surface area contributed by atoms with E-state index in [4.69, 9.17) is 0 Å².